The number of hydrogen-bond donors (Lipinski definition) is 0. The normalized spacial score (nSPS) is 10.6. The summed E-state index contributed by atoms with van der Waals surface area (Å²) < 4.78 is 18.4. The zero-order valence-electron chi connectivity index (χ0n) is 8.04. The maximum absolute atomic E-state index is 13.1. The highest BCUT2D eigenvalue weighted by Gasteiger charge is 2.01. The van der Waals surface area contributed by atoms with Gasteiger partial charge in [0.25, 0.3) is 0 Å². The van der Waals surface area contributed by atoms with E-state index >= 15 is 0 Å². The largest absolute Gasteiger partial charge is 0.463 e. The molecule has 1 aromatic heterocycles. The van der Waals surface area contributed by atoms with Crippen LogP contribution in [0.4, 0.5) is 4.39 Å². The zero-order chi connectivity index (χ0) is 11.3. The van der Waals surface area contributed by atoms with Gasteiger partial charge in [0.15, 0.2) is 0 Å². The van der Waals surface area contributed by atoms with E-state index in [0.29, 0.717) is 11.1 Å². The number of esters is 1. The van der Waals surface area contributed by atoms with E-state index < -0.39 is 11.9 Å². The molecule has 1 aromatic rings. The van der Waals surface area contributed by atoms with Gasteiger partial charge in [-0.05, 0) is 35.0 Å². The first-order valence-electron chi connectivity index (χ1n) is 4.29. The second kappa shape index (κ2) is 5.60. The summed E-state index contributed by atoms with van der Waals surface area (Å²) in [5.41, 5.74) is 0.234. The van der Waals surface area contributed by atoms with Gasteiger partial charge in [-0.25, -0.2) is 9.78 Å². The van der Waals surface area contributed by atoms with Crippen LogP contribution >= 0.6 is 15.9 Å². The Morgan fingerprint density at radius 2 is 2.47 bits per heavy atom. The number of halogens is 2. The molecule has 0 unspecified atom stereocenters. The Bertz CT molecular complexity index is 393. The lowest BCUT2D eigenvalue weighted by molar-refractivity contribution is -0.137. The Labute approximate surface area is 95.1 Å². The fraction of sp³-hybridized carbons (Fsp3) is 0.200. The Kier molecular flexibility index (Phi) is 4.42. The third-order valence-corrected chi connectivity index (χ3v) is 1.95. The molecule has 0 aromatic carbocycles. The number of ether oxygens (including phenoxy) is 1. The molecule has 15 heavy (non-hydrogen) atoms. The summed E-state index contributed by atoms with van der Waals surface area (Å²) in [6.45, 7) is 2.00. The van der Waals surface area contributed by atoms with Gasteiger partial charge in [-0.1, -0.05) is 0 Å². The molecule has 0 amide bonds. The number of rotatable bonds is 3. The van der Waals surface area contributed by atoms with Crippen molar-refractivity contribution < 1.29 is 13.9 Å². The van der Waals surface area contributed by atoms with Crippen molar-refractivity contribution in [1.29, 1.82) is 0 Å². The maximum Gasteiger partial charge on any atom is 0.330 e. The first-order chi connectivity index (χ1) is 7.13. The van der Waals surface area contributed by atoms with Crippen LogP contribution in [0.5, 0.6) is 0 Å². The van der Waals surface area contributed by atoms with E-state index in [2.05, 4.69) is 25.7 Å². The predicted octanol–water partition coefficient (Wildman–Crippen LogP) is 2.56. The van der Waals surface area contributed by atoms with E-state index in [4.69, 9.17) is 0 Å². The molecule has 0 spiro atoms. The number of hydrogen-bond acceptors (Lipinski definition) is 3. The Morgan fingerprint density at radius 1 is 1.73 bits per heavy atom. The van der Waals surface area contributed by atoms with E-state index in [0.717, 1.165) is 6.08 Å². The smallest absolute Gasteiger partial charge is 0.330 e. The summed E-state index contributed by atoms with van der Waals surface area (Å²) in [6, 6.07) is 1.53. The van der Waals surface area contributed by atoms with Crippen molar-refractivity contribution in [2.24, 2.45) is 0 Å². The standard InChI is InChI=1S/C10H9BrFNO2/c1-2-15-9(14)4-3-7-5-8(11)6-13-10(7)12/h3-6H,2H2,1H3. The van der Waals surface area contributed by atoms with Crippen molar-refractivity contribution in [2.75, 3.05) is 6.61 Å². The average Bonchev–Trinajstić information content (AvgIpc) is 2.20. The maximum atomic E-state index is 13.1. The summed E-state index contributed by atoms with van der Waals surface area (Å²) in [5.74, 6) is -1.13. The van der Waals surface area contributed by atoms with Crippen molar-refractivity contribution >= 4 is 28.0 Å². The molecule has 0 aliphatic carbocycles. The number of carbonyl (C=O) groups excluding carboxylic acids is 1. The summed E-state index contributed by atoms with van der Waals surface area (Å²) in [4.78, 5) is 14.4. The van der Waals surface area contributed by atoms with Crippen LogP contribution < -0.4 is 0 Å². The first kappa shape index (κ1) is 11.8. The monoisotopic (exact) mass is 273 g/mol. The summed E-state index contributed by atoms with van der Waals surface area (Å²) >= 11 is 3.15. The van der Waals surface area contributed by atoms with Gasteiger partial charge in [-0.2, -0.15) is 4.39 Å². The highest BCUT2D eigenvalue weighted by molar-refractivity contribution is 9.10. The molecule has 1 rings (SSSR count). The van der Waals surface area contributed by atoms with Gasteiger partial charge in [0.05, 0.1) is 6.61 Å². The molecule has 0 aliphatic heterocycles. The van der Waals surface area contributed by atoms with Crippen LogP contribution in [0.25, 0.3) is 6.08 Å². The molecule has 0 atom stereocenters. The zero-order valence-corrected chi connectivity index (χ0v) is 9.62. The molecule has 5 heteroatoms. The number of pyridine rings is 1. The van der Waals surface area contributed by atoms with Crippen molar-refractivity contribution in [1.82, 2.24) is 4.98 Å². The molecule has 80 valence electrons. The van der Waals surface area contributed by atoms with Gasteiger partial charge >= 0.3 is 5.97 Å². The quantitative estimate of drug-likeness (QED) is 0.483. The topological polar surface area (TPSA) is 39.2 Å². The molecule has 0 fully saturated rings. The minimum atomic E-state index is -0.626. The van der Waals surface area contributed by atoms with Gasteiger partial charge in [0.2, 0.25) is 5.95 Å². The van der Waals surface area contributed by atoms with Crippen LogP contribution in [0.15, 0.2) is 22.8 Å². The molecule has 0 radical (unpaired) electrons. The average molecular weight is 274 g/mol. The SMILES string of the molecule is CCOC(=O)C=Cc1cc(Br)cnc1F. The predicted molar refractivity (Wildman–Crippen MR) is 57.6 cm³/mol. The van der Waals surface area contributed by atoms with Crippen molar-refractivity contribution in [3.8, 4) is 0 Å². The molecule has 1 heterocycles. The number of carbonyl (C=O) groups is 1. The van der Waals surface area contributed by atoms with E-state index in [-0.39, 0.29) is 5.56 Å². The number of aromatic nitrogens is 1. The fourth-order valence-electron chi connectivity index (χ4n) is 0.903. The van der Waals surface area contributed by atoms with Gasteiger partial charge in [-0.3, -0.25) is 0 Å². The second-order valence-electron chi connectivity index (χ2n) is 2.62. The molecule has 0 N–H and O–H groups in total. The first-order valence-corrected chi connectivity index (χ1v) is 5.08. The van der Waals surface area contributed by atoms with Crippen molar-refractivity contribution in [3.63, 3.8) is 0 Å². The fourth-order valence-corrected chi connectivity index (χ4v) is 1.25. The van der Waals surface area contributed by atoms with Crippen LogP contribution in [-0.2, 0) is 9.53 Å². The van der Waals surface area contributed by atoms with Gasteiger partial charge in [0, 0.05) is 22.3 Å². The van der Waals surface area contributed by atoms with Gasteiger partial charge in [-0.15, -0.1) is 0 Å². The summed E-state index contributed by atoms with van der Waals surface area (Å²) in [6.07, 6.45) is 3.83. The van der Waals surface area contributed by atoms with E-state index in [9.17, 15) is 9.18 Å². The lowest BCUT2D eigenvalue weighted by atomic mass is 10.2. The lowest BCUT2D eigenvalue weighted by Crippen LogP contribution is -1.99. The Hall–Kier alpha value is -1.23. The minimum absolute atomic E-state index is 0.234. The molecular weight excluding hydrogens is 265 g/mol. The molecule has 0 bridgehead atoms. The molecule has 0 saturated heterocycles. The van der Waals surface area contributed by atoms with Crippen LogP contribution in [0.2, 0.25) is 0 Å². The van der Waals surface area contributed by atoms with Crippen LogP contribution in [0, 0.1) is 5.95 Å². The molecule has 0 aliphatic rings. The van der Waals surface area contributed by atoms with Crippen LogP contribution in [0.1, 0.15) is 12.5 Å². The van der Waals surface area contributed by atoms with E-state index in [1.807, 2.05) is 0 Å². The van der Waals surface area contributed by atoms with E-state index in [1.165, 1.54) is 18.3 Å². The summed E-state index contributed by atoms with van der Waals surface area (Å²) in [5, 5.41) is 0. The highest BCUT2D eigenvalue weighted by atomic mass is 79.9. The third-order valence-electron chi connectivity index (χ3n) is 1.52. The van der Waals surface area contributed by atoms with Crippen LogP contribution in [0.3, 0.4) is 0 Å². The molecule has 3 nitrogen and oxygen atoms in total. The third kappa shape index (κ3) is 3.79. The van der Waals surface area contributed by atoms with Gasteiger partial charge < -0.3 is 4.74 Å². The number of nitrogens with zero attached hydrogens (tertiary/aromatic N) is 1. The molecular formula is C10H9BrFNO2. The minimum Gasteiger partial charge on any atom is -0.463 e. The van der Waals surface area contributed by atoms with Crippen LogP contribution in [-0.4, -0.2) is 17.6 Å². The second-order valence-corrected chi connectivity index (χ2v) is 3.53. The molecule has 0 saturated carbocycles. The van der Waals surface area contributed by atoms with Crippen molar-refractivity contribution in [3.05, 3.63) is 34.3 Å². The Morgan fingerprint density at radius 3 is 3.13 bits per heavy atom. The Balaban J connectivity index is 2.79. The van der Waals surface area contributed by atoms with E-state index in [1.54, 1.807) is 6.92 Å². The summed E-state index contributed by atoms with van der Waals surface area (Å²) in [7, 11) is 0. The lowest BCUT2D eigenvalue weighted by Gasteiger charge is -1.97. The highest BCUT2D eigenvalue weighted by Crippen LogP contribution is 2.14. The van der Waals surface area contributed by atoms with Gasteiger partial charge in [0.1, 0.15) is 0 Å². The van der Waals surface area contributed by atoms with Crippen molar-refractivity contribution in [2.45, 2.75) is 6.92 Å².